The van der Waals surface area contributed by atoms with Crippen LogP contribution in [0, 0.1) is 0 Å². The molecule has 0 saturated carbocycles. The van der Waals surface area contributed by atoms with Crippen molar-refractivity contribution in [3.05, 3.63) is 46.7 Å². The number of quaternary nitrogens is 1. The highest BCUT2D eigenvalue weighted by atomic mass is 32.1. The number of aromatic nitrogens is 2. The highest BCUT2D eigenvalue weighted by Crippen LogP contribution is 2.20. The van der Waals surface area contributed by atoms with Crippen molar-refractivity contribution in [1.82, 2.24) is 9.55 Å². The first-order valence-electron chi connectivity index (χ1n) is 8.45. The second-order valence-corrected chi connectivity index (χ2v) is 7.25. The lowest BCUT2D eigenvalue weighted by Crippen LogP contribution is -3.10. The molecule has 5 heteroatoms. The number of thiophene rings is 1. The minimum Gasteiger partial charge on any atom is -0.351 e. The molecule has 1 aliphatic heterocycles. The Hall–Kier alpha value is -1.85. The molecule has 0 radical (unpaired) electrons. The Morgan fingerprint density at radius 1 is 1.13 bits per heavy atom. The molecule has 120 valence electrons. The number of benzene rings is 1. The topological polar surface area (TPSA) is 34.3 Å². The lowest BCUT2D eigenvalue weighted by molar-refractivity contribution is -0.887. The van der Waals surface area contributed by atoms with Gasteiger partial charge in [-0.25, -0.2) is 4.98 Å². The standard InChI is InChI=1S/C18H22N4S/c1-2-8-17-16(7-1)20-18(19-14-15-6-5-13-23-15)22(17)12-11-21-9-3-4-10-21/h1-2,5-8,13H,3-4,9-12,14H2,(H,19,20)/p+1. The van der Waals surface area contributed by atoms with E-state index < -0.39 is 0 Å². The highest BCUT2D eigenvalue weighted by Gasteiger charge is 2.17. The van der Waals surface area contributed by atoms with Gasteiger partial charge in [0.15, 0.2) is 0 Å². The first-order valence-corrected chi connectivity index (χ1v) is 9.33. The van der Waals surface area contributed by atoms with Gasteiger partial charge in [-0.1, -0.05) is 18.2 Å². The average molecular weight is 327 g/mol. The largest absolute Gasteiger partial charge is 0.351 e. The van der Waals surface area contributed by atoms with Crippen LogP contribution in [0.25, 0.3) is 11.0 Å². The summed E-state index contributed by atoms with van der Waals surface area (Å²) in [6.45, 7) is 5.71. The van der Waals surface area contributed by atoms with Crippen LogP contribution in [0.1, 0.15) is 17.7 Å². The number of hydrogen-bond acceptors (Lipinski definition) is 3. The molecule has 0 aliphatic carbocycles. The van der Waals surface area contributed by atoms with E-state index in [0.717, 1.165) is 24.6 Å². The van der Waals surface area contributed by atoms with Crippen molar-refractivity contribution < 1.29 is 4.90 Å². The third-order valence-corrected chi connectivity index (χ3v) is 5.53. The first kappa shape index (κ1) is 14.7. The molecule has 0 bridgehead atoms. The summed E-state index contributed by atoms with van der Waals surface area (Å²) in [5.41, 5.74) is 2.32. The van der Waals surface area contributed by atoms with Crippen LogP contribution in [0.3, 0.4) is 0 Å². The van der Waals surface area contributed by atoms with E-state index in [1.807, 2.05) is 0 Å². The molecule has 1 fully saturated rings. The Morgan fingerprint density at radius 3 is 2.83 bits per heavy atom. The maximum Gasteiger partial charge on any atom is 0.204 e. The summed E-state index contributed by atoms with van der Waals surface area (Å²) in [5, 5.41) is 5.66. The Labute approximate surface area is 140 Å². The zero-order valence-corrected chi connectivity index (χ0v) is 14.1. The van der Waals surface area contributed by atoms with Crippen LogP contribution in [-0.2, 0) is 13.1 Å². The van der Waals surface area contributed by atoms with E-state index in [-0.39, 0.29) is 0 Å². The highest BCUT2D eigenvalue weighted by molar-refractivity contribution is 7.09. The summed E-state index contributed by atoms with van der Waals surface area (Å²) in [6, 6.07) is 12.7. The number of hydrogen-bond donors (Lipinski definition) is 2. The van der Waals surface area contributed by atoms with Crippen molar-refractivity contribution >= 4 is 28.3 Å². The van der Waals surface area contributed by atoms with Crippen LogP contribution in [0.2, 0.25) is 0 Å². The van der Waals surface area contributed by atoms with Gasteiger partial charge in [-0.2, -0.15) is 0 Å². The summed E-state index contributed by atoms with van der Waals surface area (Å²) < 4.78 is 2.36. The Kier molecular flexibility index (Phi) is 4.30. The molecule has 4 rings (SSSR count). The van der Waals surface area contributed by atoms with Gasteiger partial charge in [-0.15, -0.1) is 11.3 Å². The fourth-order valence-electron chi connectivity index (χ4n) is 3.41. The molecule has 23 heavy (non-hydrogen) atoms. The van der Waals surface area contributed by atoms with Crippen LogP contribution in [0.4, 0.5) is 5.95 Å². The fraction of sp³-hybridized carbons (Fsp3) is 0.389. The quantitative estimate of drug-likeness (QED) is 0.729. The predicted molar refractivity (Wildman–Crippen MR) is 96.2 cm³/mol. The minimum atomic E-state index is 0.845. The summed E-state index contributed by atoms with van der Waals surface area (Å²) in [5.74, 6) is 0.998. The zero-order valence-electron chi connectivity index (χ0n) is 13.3. The van der Waals surface area contributed by atoms with Crippen molar-refractivity contribution in [3.63, 3.8) is 0 Å². The second kappa shape index (κ2) is 6.72. The lowest BCUT2D eigenvalue weighted by Gasteiger charge is -2.15. The number of fused-ring (bicyclic) bond motifs is 1. The van der Waals surface area contributed by atoms with E-state index >= 15 is 0 Å². The summed E-state index contributed by atoms with van der Waals surface area (Å²) >= 11 is 1.79. The molecular formula is C18H23N4S+. The summed E-state index contributed by atoms with van der Waals surface area (Å²) in [4.78, 5) is 7.87. The van der Waals surface area contributed by atoms with Gasteiger partial charge in [-0.05, 0) is 23.6 Å². The molecule has 2 aromatic heterocycles. The molecule has 3 heterocycles. The molecule has 1 saturated heterocycles. The molecule has 0 amide bonds. The van der Waals surface area contributed by atoms with Crippen molar-refractivity contribution in [2.75, 3.05) is 25.0 Å². The first-order chi connectivity index (χ1) is 11.4. The number of anilines is 1. The average Bonchev–Trinajstić information content (AvgIpc) is 3.31. The van der Waals surface area contributed by atoms with Gasteiger partial charge < -0.3 is 14.8 Å². The summed E-state index contributed by atoms with van der Waals surface area (Å²) in [6.07, 6.45) is 2.76. The molecule has 2 N–H and O–H groups in total. The van der Waals surface area contributed by atoms with Crippen molar-refractivity contribution in [1.29, 1.82) is 0 Å². The monoisotopic (exact) mass is 327 g/mol. The van der Waals surface area contributed by atoms with Crippen LogP contribution < -0.4 is 10.2 Å². The van der Waals surface area contributed by atoms with Crippen molar-refractivity contribution in [3.8, 4) is 0 Å². The number of rotatable bonds is 6. The molecule has 0 spiro atoms. The van der Waals surface area contributed by atoms with E-state index in [4.69, 9.17) is 4.98 Å². The molecule has 1 aromatic carbocycles. The normalized spacial score (nSPS) is 15.5. The van der Waals surface area contributed by atoms with Gasteiger partial charge in [0.1, 0.15) is 0 Å². The minimum absolute atomic E-state index is 0.845. The number of para-hydroxylation sites is 2. The molecular weight excluding hydrogens is 304 g/mol. The van der Waals surface area contributed by atoms with E-state index in [1.54, 1.807) is 16.2 Å². The maximum absolute atomic E-state index is 4.80. The van der Waals surface area contributed by atoms with Gasteiger partial charge in [-0.3, -0.25) is 0 Å². The van der Waals surface area contributed by atoms with Gasteiger partial charge in [0.2, 0.25) is 5.95 Å². The smallest absolute Gasteiger partial charge is 0.204 e. The maximum atomic E-state index is 4.80. The number of imidazole rings is 1. The Morgan fingerprint density at radius 2 is 2.00 bits per heavy atom. The Balaban J connectivity index is 1.55. The molecule has 3 aromatic rings. The number of likely N-dealkylation sites (tertiary alicyclic amines) is 1. The molecule has 0 atom stereocenters. The van der Waals surface area contributed by atoms with Gasteiger partial charge >= 0.3 is 0 Å². The lowest BCUT2D eigenvalue weighted by atomic mass is 10.3. The van der Waals surface area contributed by atoms with Crippen LogP contribution >= 0.6 is 11.3 Å². The van der Waals surface area contributed by atoms with E-state index in [1.165, 1.54) is 42.9 Å². The molecule has 0 unspecified atom stereocenters. The SMILES string of the molecule is c1csc(CNc2nc3ccccc3n2CC[NH+]2CCCC2)c1. The number of nitrogens with zero attached hydrogens (tertiary/aromatic N) is 2. The molecule has 4 nitrogen and oxygen atoms in total. The van der Waals surface area contributed by atoms with Gasteiger partial charge in [0.05, 0.1) is 43.8 Å². The van der Waals surface area contributed by atoms with Crippen LogP contribution in [0.5, 0.6) is 0 Å². The fourth-order valence-corrected chi connectivity index (χ4v) is 4.06. The predicted octanol–water partition coefficient (Wildman–Crippen LogP) is 2.39. The Bertz CT molecular complexity index is 757. The van der Waals surface area contributed by atoms with Crippen molar-refractivity contribution in [2.45, 2.75) is 25.9 Å². The summed E-state index contributed by atoms with van der Waals surface area (Å²) in [7, 11) is 0. The van der Waals surface area contributed by atoms with Gasteiger partial charge in [0, 0.05) is 17.7 Å². The number of nitrogens with one attached hydrogen (secondary N) is 2. The second-order valence-electron chi connectivity index (χ2n) is 6.22. The van der Waals surface area contributed by atoms with Crippen LogP contribution in [-0.4, -0.2) is 29.2 Å². The van der Waals surface area contributed by atoms with Crippen molar-refractivity contribution in [2.24, 2.45) is 0 Å². The molecule has 1 aliphatic rings. The van der Waals surface area contributed by atoms with E-state index in [0.29, 0.717) is 0 Å². The van der Waals surface area contributed by atoms with Gasteiger partial charge in [0.25, 0.3) is 0 Å². The van der Waals surface area contributed by atoms with E-state index in [9.17, 15) is 0 Å². The third-order valence-electron chi connectivity index (χ3n) is 4.66. The van der Waals surface area contributed by atoms with Crippen LogP contribution in [0.15, 0.2) is 41.8 Å². The van der Waals surface area contributed by atoms with E-state index in [2.05, 4.69) is 51.7 Å². The third kappa shape index (κ3) is 3.26. The zero-order chi connectivity index (χ0) is 15.5.